The number of carbonyl (C=O) groups excluding carboxylic acids is 1. The molecule has 1 fully saturated rings. The zero-order valence-corrected chi connectivity index (χ0v) is 18.4. The highest BCUT2D eigenvalue weighted by Gasteiger charge is 2.38. The number of carbonyl (C=O) groups is 1. The fourth-order valence-electron chi connectivity index (χ4n) is 4.13. The van der Waals surface area contributed by atoms with Gasteiger partial charge < -0.3 is 15.2 Å². The summed E-state index contributed by atoms with van der Waals surface area (Å²) in [4.78, 5) is 17.6. The molecule has 172 valence electrons. The first-order chi connectivity index (χ1) is 15.9. The first-order valence-corrected chi connectivity index (χ1v) is 10.8. The van der Waals surface area contributed by atoms with Gasteiger partial charge in [-0.1, -0.05) is 12.1 Å². The van der Waals surface area contributed by atoms with Crippen LogP contribution >= 0.6 is 0 Å². The van der Waals surface area contributed by atoms with Crippen LogP contribution in [-0.2, 0) is 4.74 Å². The van der Waals surface area contributed by atoms with Gasteiger partial charge in [-0.25, -0.2) is 13.8 Å². The van der Waals surface area contributed by atoms with E-state index in [0.717, 1.165) is 23.4 Å². The van der Waals surface area contributed by atoms with E-state index in [2.05, 4.69) is 4.98 Å². The van der Waals surface area contributed by atoms with Crippen LogP contribution in [0.15, 0.2) is 54.7 Å². The summed E-state index contributed by atoms with van der Waals surface area (Å²) in [6.07, 6.45) is 1.50. The molecule has 1 aliphatic rings. The van der Waals surface area contributed by atoms with Gasteiger partial charge in [-0.3, -0.25) is 9.28 Å². The number of rotatable bonds is 7. The van der Waals surface area contributed by atoms with Crippen molar-refractivity contribution in [2.45, 2.75) is 6.92 Å². The first-order valence-electron chi connectivity index (χ1n) is 10.8. The summed E-state index contributed by atoms with van der Waals surface area (Å²) < 4.78 is 39.5. The molecule has 0 radical (unpaired) electrons. The van der Waals surface area contributed by atoms with E-state index in [4.69, 9.17) is 15.2 Å². The summed E-state index contributed by atoms with van der Waals surface area (Å²) >= 11 is 0. The monoisotopic (exact) mass is 454 g/mol. The van der Waals surface area contributed by atoms with Crippen LogP contribution in [0.2, 0.25) is 0 Å². The van der Waals surface area contributed by atoms with Gasteiger partial charge in [0.1, 0.15) is 49.3 Å². The lowest BCUT2D eigenvalue weighted by Crippen LogP contribution is -2.59. The summed E-state index contributed by atoms with van der Waals surface area (Å²) in [7, 11) is 0. The second-order valence-electron chi connectivity index (χ2n) is 8.14. The van der Waals surface area contributed by atoms with E-state index in [1.165, 1.54) is 12.3 Å². The Balaban J connectivity index is 1.63. The van der Waals surface area contributed by atoms with Crippen LogP contribution in [0, 0.1) is 18.6 Å². The lowest BCUT2D eigenvalue weighted by Gasteiger charge is -2.40. The average molecular weight is 454 g/mol. The summed E-state index contributed by atoms with van der Waals surface area (Å²) in [6.45, 7) is 5.22. The van der Waals surface area contributed by atoms with Gasteiger partial charge in [-0.2, -0.15) is 0 Å². The van der Waals surface area contributed by atoms with Crippen LogP contribution in [0.25, 0.3) is 0 Å². The Hall–Kier alpha value is -3.36. The lowest BCUT2D eigenvalue weighted by atomic mass is 10.0. The van der Waals surface area contributed by atoms with Gasteiger partial charge in [0.05, 0.1) is 24.3 Å². The van der Waals surface area contributed by atoms with Gasteiger partial charge in [0.15, 0.2) is 5.78 Å². The maximum atomic E-state index is 14.3. The van der Waals surface area contributed by atoms with Crippen molar-refractivity contribution >= 4 is 17.3 Å². The van der Waals surface area contributed by atoms with Crippen LogP contribution in [0.1, 0.15) is 21.5 Å². The van der Waals surface area contributed by atoms with Crippen LogP contribution in [0.4, 0.5) is 20.3 Å². The molecule has 0 spiro atoms. The molecular weight excluding hydrogens is 428 g/mol. The maximum Gasteiger partial charge on any atom is 0.252 e. The zero-order chi connectivity index (χ0) is 23.4. The summed E-state index contributed by atoms with van der Waals surface area (Å²) in [5.74, 6) is -0.993. The van der Waals surface area contributed by atoms with Crippen molar-refractivity contribution < 1.29 is 23.0 Å². The predicted octanol–water partition coefficient (Wildman–Crippen LogP) is 3.90. The number of quaternary nitrogens is 1. The van der Waals surface area contributed by atoms with Gasteiger partial charge >= 0.3 is 0 Å². The highest BCUT2D eigenvalue weighted by molar-refractivity contribution is 6.13. The van der Waals surface area contributed by atoms with Crippen LogP contribution in [-0.4, -0.2) is 50.2 Å². The fraction of sp³-hybridized carbons (Fsp3) is 0.280. The minimum atomic E-state index is -0.931. The Bertz CT molecular complexity index is 1160. The number of nitrogens with two attached hydrogens (primary N) is 1. The third kappa shape index (κ3) is 4.86. The topological polar surface area (TPSA) is 74.4 Å². The van der Waals surface area contributed by atoms with Crippen molar-refractivity contribution in [1.82, 2.24) is 9.47 Å². The molecule has 6 nitrogen and oxygen atoms in total. The van der Waals surface area contributed by atoms with Crippen molar-refractivity contribution in [2.24, 2.45) is 0 Å². The lowest BCUT2D eigenvalue weighted by molar-refractivity contribution is 0.0338. The zero-order valence-electron chi connectivity index (χ0n) is 18.4. The normalized spacial score (nSPS) is 15.2. The molecule has 0 saturated carbocycles. The number of aryl methyl sites for hydroxylation is 1. The highest BCUT2D eigenvalue weighted by atomic mass is 19.1. The molecule has 3 aromatic rings. The van der Waals surface area contributed by atoms with Crippen LogP contribution in [0.3, 0.4) is 0 Å². The Morgan fingerprint density at radius 1 is 1.12 bits per heavy atom. The maximum absolute atomic E-state index is 14.3. The van der Waals surface area contributed by atoms with Crippen molar-refractivity contribution in [3.8, 4) is 5.75 Å². The number of aromatic nitrogens is 1. The second kappa shape index (κ2) is 9.64. The van der Waals surface area contributed by atoms with Crippen molar-refractivity contribution in [1.29, 1.82) is 0 Å². The molecule has 8 heteroatoms. The van der Waals surface area contributed by atoms with Crippen molar-refractivity contribution in [3.63, 3.8) is 0 Å². The van der Waals surface area contributed by atoms with Gasteiger partial charge in [0.25, 0.3) is 5.82 Å². The quantitative estimate of drug-likeness (QED) is 0.433. The molecule has 2 aromatic carbocycles. The van der Waals surface area contributed by atoms with Crippen molar-refractivity contribution in [3.05, 3.63) is 83.1 Å². The first kappa shape index (κ1) is 22.8. The van der Waals surface area contributed by atoms with Crippen LogP contribution < -0.4 is 15.0 Å². The number of anilines is 1. The highest BCUT2D eigenvalue weighted by Crippen LogP contribution is 2.32. The Morgan fingerprint density at radius 3 is 2.64 bits per heavy atom. The average Bonchev–Trinajstić information content (AvgIpc) is 2.79. The predicted molar refractivity (Wildman–Crippen MR) is 122 cm³/mol. The molecule has 0 bridgehead atoms. The smallest absolute Gasteiger partial charge is 0.252 e. The minimum absolute atomic E-state index is 0.133. The van der Waals surface area contributed by atoms with E-state index in [0.29, 0.717) is 55.8 Å². The Kier molecular flexibility index (Phi) is 6.67. The number of hydrogen-bond acceptors (Lipinski definition) is 5. The number of ketones is 1. The molecule has 33 heavy (non-hydrogen) atoms. The summed E-state index contributed by atoms with van der Waals surface area (Å²) in [5, 5.41) is 0. The molecule has 4 rings (SSSR count). The molecule has 0 aliphatic carbocycles. The van der Waals surface area contributed by atoms with E-state index in [1.807, 2.05) is 31.2 Å². The SMILES string of the molecule is Cc1cccc(OCC[N+]2(c3nccc(C(=O)c4ccc(F)cc4F)c3N)CCOCC2)c1. The number of hydrogen-bond donors (Lipinski definition) is 1. The van der Waals surface area contributed by atoms with Crippen LogP contribution in [0.5, 0.6) is 5.75 Å². The number of ether oxygens (including phenoxy) is 2. The number of morpholine rings is 1. The standard InChI is InChI=1S/C25H25F2N3O3/c1-17-3-2-4-19(15-17)33-14-11-30(9-12-32-13-10-30)25-23(28)21(7-8-29-25)24(31)20-6-5-18(26)16-22(20)27/h2-8,15-16H,9-14H2,1H3,(H-,28,31)/p+1. The Labute approximate surface area is 191 Å². The van der Waals surface area contributed by atoms with E-state index in [1.54, 1.807) is 0 Å². The third-order valence-corrected chi connectivity index (χ3v) is 5.94. The molecule has 1 aromatic heterocycles. The largest absolute Gasteiger partial charge is 0.488 e. The number of pyridine rings is 1. The molecule has 0 unspecified atom stereocenters. The van der Waals surface area contributed by atoms with Gasteiger partial charge in [-0.15, -0.1) is 0 Å². The van der Waals surface area contributed by atoms with E-state index in [9.17, 15) is 13.6 Å². The van der Waals surface area contributed by atoms with Crippen molar-refractivity contribution in [2.75, 3.05) is 45.2 Å². The molecule has 1 saturated heterocycles. The molecule has 2 heterocycles. The molecule has 2 N–H and O–H groups in total. The van der Waals surface area contributed by atoms with Gasteiger partial charge in [0, 0.05) is 12.3 Å². The summed E-state index contributed by atoms with van der Waals surface area (Å²) in [6, 6.07) is 12.1. The number of nitrogens with zero attached hydrogens (tertiary/aromatic N) is 2. The molecular formula is C25H26F2N3O3+. The number of benzene rings is 2. The molecule has 0 amide bonds. The number of nitrogen functional groups attached to an aromatic ring is 1. The Morgan fingerprint density at radius 2 is 1.91 bits per heavy atom. The second-order valence-corrected chi connectivity index (χ2v) is 8.14. The summed E-state index contributed by atoms with van der Waals surface area (Å²) in [5.41, 5.74) is 7.63. The molecule has 1 aliphatic heterocycles. The third-order valence-electron chi connectivity index (χ3n) is 5.94. The fourth-order valence-corrected chi connectivity index (χ4v) is 4.13. The van der Waals surface area contributed by atoms with E-state index in [-0.39, 0.29) is 16.8 Å². The minimum Gasteiger partial charge on any atom is -0.488 e. The molecule has 0 atom stereocenters. The number of halogens is 2. The van der Waals surface area contributed by atoms with E-state index >= 15 is 0 Å². The van der Waals surface area contributed by atoms with Gasteiger partial charge in [-0.05, 0) is 42.8 Å². The van der Waals surface area contributed by atoms with Gasteiger partial charge in [0.2, 0.25) is 0 Å². The van der Waals surface area contributed by atoms with E-state index < -0.39 is 17.4 Å².